The lowest BCUT2D eigenvalue weighted by Gasteiger charge is -2.27. The summed E-state index contributed by atoms with van der Waals surface area (Å²) >= 11 is 0. The zero-order chi connectivity index (χ0) is 13.1. The van der Waals surface area contributed by atoms with E-state index in [1.165, 1.54) is 12.3 Å². The molecule has 7 nitrogen and oxygen atoms in total. The molecule has 1 aromatic heterocycles. The Balaban J connectivity index is 2.28. The molecular weight excluding hydrogens is 236 g/mol. The standard InChI is InChI=1S/C11H14N4O3/c1-8-10(6-9(7-13-8)15(17)18)11(16)14-4-2-12-3-5-14/h6-7,12H,2-5H2,1H3. The Morgan fingerprint density at radius 1 is 1.50 bits per heavy atom. The number of nitro groups is 1. The molecule has 7 heteroatoms. The third-order valence-electron chi connectivity index (χ3n) is 2.92. The first-order valence-corrected chi connectivity index (χ1v) is 5.70. The van der Waals surface area contributed by atoms with Crippen LogP contribution in [0.15, 0.2) is 12.3 Å². The topological polar surface area (TPSA) is 88.4 Å². The summed E-state index contributed by atoms with van der Waals surface area (Å²) in [6, 6.07) is 1.30. The monoisotopic (exact) mass is 250 g/mol. The molecule has 1 aliphatic heterocycles. The number of hydrogen-bond donors (Lipinski definition) is 1. The van der Waals surface area contributed by atoms with Crippen LogP contribution in [0.5, 0.6) is 0 Å². The van der Waals surface area contributed by atoms with Gasteiger partial charge < -0.3 is 10.2 Å². The minimum Gasteiger partial charge on any atom is -0.336 e. The maximum atomic E-state index is 12.2. The molecule has 1 aliphatic rings. The van der Waals surface area contributed by atoms with Gasteiger partial charge in [-0.05, 0) is 6.92 Å². The number of aryl methyl sites for hydroxylation is 1. The van der Waals surface area contributed by atoms with Crippen LogP contribution in [0.1, 0.15) is 16.1 Å². The van der Waals surface area contributed by atoms with Gasteiger partial charge in [-0.1, -0.05) is 0 Å². The fourth-order valence-corrected chi connectivity index (χ4v) is 1.88. The van der Waals surface area contributed by atoms with Crippen molar-refractivity contribution in [1.29, 1.82) is 0 Å². The van der Waals surface area contributed by atoms with Crippen LogP contribution in [0.2, 0.25) is 0 Å². The predicted molar refractivity (Wildman–Crippen MR) is 64.4 cm³/mol. The summed E-state index contributed by atoms with van der Waals surface area (Å²) in [6.45, 7) is 4.39. The molecule has 1 N–H and O–H groups in total. The molecule has 96 valence electrons. The Morgan fingerprint density at radius 2 is 2.17 bits per heavy atom. The number of aromatic nitrogens is 1. The first-order chi connectivity index (χ1) is 8.59. The molecular formula is C11H14N4O3. The van der Waals surface area contributed by atoms with Crippen LogP contribution >= 0.6 is 0 Å². The number of pyridine rings is 1. The highest BCUT2D eigenvalue weighted by Crippen LogP contribution is 2.16. The van der Waals surface area contributed by atoms with Crippen molar-refractivity contribution < 1.29 is 9.72 Å². The number of nitrogens with zero attached hydrogens (tertiary/aromatic N) is 3. The summed E-state index contributed by atoms with van der Waals surface area (Å²) in [5, 5.41) is 13.8. The van der Waals surface area contributed by atoms with Crippen molar-refractivity contribution in [3.05, 3.63) is 33.6 Å². The molecule has 18 heavy (non-hydrogen) atoms. The summed E-state index contributed by atoms with van der Waals surface area (Å²) in [6.07, 6.45) is 1.17. The highest BCUT2D eigenvalue weighted by Gasteiger charge is 2.22. The number of hydrogen-bond acceptors (Lipinski definition) is 5. The van der Waals surface area contributed by atoms with E-state index < -0.39 is 4.92 Å². The Labute approximate surface area is 104 Å². The third-order valence-corrected chi connectivity index (χ3v) is 2.92. The largest absolute Gasteiger partial charge is 0.336 e. The van der Waals surface area contributed by atoms with Crippen molar-refractivity contribution in [3.8, 4) is 0 Å². The van der Waals surface area contributed by atoms with Crippen LogP contribution in [-0.2, 0) is 0 Å². The highest BCUT2D eigenvalue weighted by atomic mass is 16.6. The summed E-state index contributed by atoms with van der Waals surface area (Å²) in [5.41, 5.74) is 0.675. The number of nitrogens with one attached hydrogen (secondary N) is 1. The average molecular weight is 250 g/mol. The van der Waals surface area contributed by atoms with Crippen LogP contribution in [0.3, 0.4) is 0 Å². The smallest absolute Gasteiger partial charge is 0.288 e. The molecule has 1 saturated heterocycles. The second kappa shape index (κ2) is 5.09. The molecule has 0 radical (unpaired) electrons. The molecule has 0 unspecified atom stereocenters. The van der Waals surface area contributed by atoms with E-state index in [-0.39, 0.29) is 11.6 Å². The maximum absolute atomic E-state index is 12.2. The first-order valence-electron chi connectivity index (χ1n) is 5.70. The van der Waals surface area contributed by atoms with Crippen molar-refractivity contribution in [2.24, 2.45) is 0 Å². The average Bonchev–Trinajstić information content (AvgIpc) is 2.39. The fraction of sp³-hybridized carbons (Fsp3) is 0.455. The van der Waals surface area contributed by atoms with E-state index in [9.17, 15) is 14.9 Å². The summed E-state index contributed by atoms with van der Waals surface area (Å²) in [5.74, 6) is -0.190. The van der Waals surface area contributed by atoms with Gasteiger partial charge in [-0.3, -0.25) is 19.9 Å². The van der Waals surface area contributed by atoms with Crippen molar-refractivity contribution in [3.63, 3.8) is 0 Å². The molecule has 0 spiro atoms. The lowest BCUT2D eigenvalue weighted by atomic mass is 10.1. The molecule has 0 aromatic carbocycles. The van der Waals surface area contributed by atoms with Gasteiger partial charge in [0.2, 0.25) is 0 Å². The van der Waals surface area contributed by atoms with E-state index in [1.807, 2.05) is 0 Å². The van der Waals surface area contributed by atoms with Crippen LogP contribution in [0.4, 0.5) is 5.69 Å². The van der Waals surface area contributed by atoms with Gasteiger partial charge in [0.15, 0.2) is 0 Å². The number of rotatable bonds is 2. The minimum atomic E-state index is -0.541. The summed E-state index contributed by atoms with van der Waals surface area (Å²) < 4.78 is 0. The van der Waals surface area contributed by atoms with Crippen molar-refractivity contribution >= 4 is 11.6 Å². The Kier molecular flexibility index (Phi) is 3.52. The first kappa shape index (κ1) is 12.4. The predicted octanol–water partition coefficient (Wildman–Crippen LogP) is 0.344. The lowest BCUT2D eigenvalue weighted by Crippen LogP contribution is -2.46. The summed E-state index contributed by atoms with van der Waals surface area (Å²) in [7, 11) is 0. The van der Waals surface area contributed by atoms with E-state index >= 15 is 0 Å². The minimum absolute atomic E-state index is 0.154. The molecule has 0 saturated carbocycles. The van der Waals surface area contributed by atoms with Gasteiger partial charge >= 0.3 is 0 Å². The maximum Gasteiger partial charge on any atom is 0.288 e. The van der Waals surface area contributed by atoms with E-state index in [0.717, 1.165) is 13.1 Å². The van der Waals surface area contributed by atoms with Gasteiger partial charge in [0.25, 0.3) is 11.6 Å². The number of carbonyl (C=O) groups excluding carboxylic acids is 1. The molecule has 1 aromatic rings. The Morgan fingerprint density at radius 3 is 2.78 bits per heavy atom. The van der Waals surface area contributed by atoms with Crippen molar-refractivity contribution in [2.45, 2.75) is 6.92 Å². The summed E-state index contributed by atoms with van der Waals surface area (Å²) in [4.78, 5) is 28.0. The Bertz CT molecular complexity index is 483. The van der Waals surface area contributed by atoms with E-state index in [1.54, 1.807) is 11.8 Å². The zero-order valence-corrected chi connectivity index (χ0v) is 10.0. The normalized spacial score (nSPS) is 15.5. The molecule has 0 aliphatic carbocycles. The van der Waals surface area contributed by atoms with Crippen molar-refractivity contribution in [2.75, 3.05) is 26.2 Å². The molecule has 1 fully saturated rings. The SMILES string of the molecule is Cc1ncc([N+](=O)[O-])cc1C(=O)N1CCNCC1. The van der Waals surface area contributed by atoms with E-state index in [4.69, 9.17) is 0 Å². The zero-order valence-electron chi connectivity index (χ0n) is 10.0. The van der Waals surface area contributed by atoms with Crippen LogP contribution < -0.4 is 5.32 Å². The molecule has 1 amide bonds. The number of carbonyl (C=O) groups is 1. The van der Waals surface area contributed by atoms with Crippen LogP contribution in [-0.4, -0.2) is 46.9 Å². The number of amides is 1. The molecule has 2 rings (SSSR count). The lowest BCUT2D eigenvalue weighted by molar-refractivity contribution is -0.385. The quantitative estimate of drug-likeness (QED) is 0.604. The highest BCUT2D eigenvalue weighted by molar-refractivity contribution is 5.95. The molecule has 2 heterocycles. The van der Waals surface area contributed by atoms with Gasteiger partial charge in [-0.15, -0.1) is 0 Å². The van der Waals surface area contributed by atoms with Gasteiger partial charge in [0.1, 0.15) is 6.20 Å². The van der Waals surface area contributed by atoms with E-state index in [2.05, 4.69) is 10.3 Å². The third kappa shape index (κ3) is 2.45. The second-order valence-corrected chi connectivity index (χ2v) is 4.13. The van der Waals surface area contributed by atoms with Gasteiger partial charge in [0, 0.05) is 32.2 Å². The van der Waals surface area contributed by atoms with Gasteiger partial charge in [-0.25, -0.2) is 0 Å². The number of piperazine rings is 1. The molecule has 0 bridgehead atoms. The van der Waals surface area contributed by atoms with Gasteiger partial charge in [-0.2, -0.15) is 0 Å². The van der Waals surface area contributed by atoms with E-state index in [0.29, 0.717) is 24.3 Å². The Hall–Kier alpha value is -2.02. The van der Waals surface area contributed by atoms with Crippen LogP contribution in [0.25, 0.3) is 0 Å². The van der Waals surface area contributed by atoms with Crippen LogP contribution in [0, 0.1) is 17.0 Å². The second-order valence-electron chi connectivity index (χ2n) is 4.13. The van der Waals surface area contributed by atoms with Crippen molar-refractivity contribution in [1.82, 2.24) is 15.2 Å². The fourth-order valence-electron chi connectivity index (χ4n) is 1.88. The van der Waals surface area contributed by atoms with Gasteiger partial charge in [0.05, 0.1) is 16.2 Å². The molecule has 0 atom stereocenters.